The highest BCUT2D eigenvalue weighted by molar-refractivity contribution is 7.85. The number of fused-ring (bicyclic) bond motifs is 1. The van der Waals surface area contributed by atoms with Crippen molar-refractivity contribution in [3.8, 4) is 0 Å². The van der Waals surface area contributed by atoms with E-state index in [2.05, 4.69) is 4.99 Å². The van der Waals surface area contributed by atoms with Gasteiger partial charge in [0, 0.05) is 13.5 Å². The van der Waals surface area contributed by atoms with Crippen LogP contribution in [0.4, 0.5) is 5.82 Å². The van der Waals surface area contributed by atoms with Crippen LogP contribution in [0.25, 0.3) is 0 Å². The highest BCUT2D eigenvalue weighted by Gasteiger charge is 2.41. The molecule has 1 aliphatic heterocycles. The maximum absolute atomic E-state index is 12.5. The number of nitrogens with zero attached hydrogens (tertiary/aromatic N) is 3. The number of carbonyl (C=O) groups is 1. The number of hydrogen-bond donors (Lipinski definition) is 1. The Morgan fingerprint density at radius 3 is 2.64 bits per heavy atom. The van der Waals surface area contributed by atoms with E-state index < -0.39 is 10.1 Å². The van der Waals surface area contributed by atoms with Crippen molar-refractivity contribution in [2.24, 2.45) is 4.99 Å². The average molecular weight is 370 g/mol. The Labute approximate surface area is 147 Å². The molecule has 0 spiro atoms. The molecule has 0 saturated heterocycles. The summed E-state index contributed by atoms with van der Waals surface area (Å²) in [6, 6.07) is 1.80. The Morgan fingerprint density at radius 2 is 2.08 bits per heavy atom. The van der Waals surface area contributed by atoms with Gasteiger partial charge < -0.3 is 0 Å². The van der Waals surface area contributed by atoms with Crippen molar-refractivity contribution >= 4 is 27.6 Å². The smallest absolute Gasteiger partial charge is 0.286 e. The van der Waals surface area contributed by atoms with Gasteiger partial charge in [0.15, 0.2) is 0 Å². The zero-order chi connectivity index (χ0) is 19.0. The first-order chi connectivity index (χ1) is 11.5. The largest absolute Gasteiger partial charge is 0.327 e. The van der Waals surface area contributed by atoms with Gasteiger partial charge in [-0.3, -0.25) is 14.2 Å². The average Bonchev–Trinajstić information content (AvgIpc) is 2.75. The molecule has 0 atom stereocenters. The number of pyridine rings is 1. The molecule has 1 aromatic rings. The first-order valence-electron chi connectivity index (χ1n) is 7.88. The summed E-state index contributed by atoms with van der Waals surface area (Å²) in [5, 5.41) is 1.12. The van der Waals surface area contributed by atoms with E-state index >= 15 is 0 Å². The Kier molecular flexibility index (Phi) is 5.31. The molecule has 0 saturated carbocycles. The molecule has 1 aromatic heterocycles. The molecule has 0 radical (unpaired) electrons. The molecule has 0 bridgehead atoms. The minimum absolute atomic E-state index is 0.211. The molecule has 0 aliphatic carbocycles. The number of amides is 1. The Hall–Kier alpha value is -1.84. The summed E-state index contributed by atoms with van der Waals surface area (Å²) in [6.07, 6.45) is 1.85. The van der Waals surface area contributed by atoms with Crippen molar-refractivity contribution < 1.29 is 27.2 Å². The van der Waals surface area contributed by atoms with Gasteiger partial charge in [0.05, 0.1) is 35.9 Å². The maximum Gasteiger partial charge on any atom is 0.327 e. The van der Waals surface area contributed by atoms with E-state index in [1.807, 2.05) is 20.8 Å². The fourth-order valence-corrected chi connectivity index (χ4v) is 3.18. The standard InChI is InChI=1S/C16H23N3O5S/c1-11-16(2,3)13-9-12(15(20)18(4)24-5)10-19(14(13)17-11)7-6-8-25(21,22)23/h9-10H,6-8H2,1-5H3/p+1. The molecule has 138 valence electrons. The topological polar surface area (TPSA) is 100 Å². The molecule has 8 nitrogen and oxygen atoms in total. The summed E-state index contributed by atoms with van der Waals surface area (Å²) >= 11 is 0. The summed E-state index contributed by atoms with van der Waals surface area (Å²) < 4.78 is 32.6. The maximum atomic E-state index is 12.5. The van der Waals surface area contributed by atoms with Crippen molar-refractivity contribution in [2.75, 3.05) is 19.9 Å². The third kappa shape index (κ3) is 4.05. The zero-order valence-electron chi connectivity index (χ0n) is 15.1. The Morgan fingerprint density at radius 1 is 1.44 bits per heavy atom. The highest BCUT2D eigenvalue weighted by atomic mass is 32.2. The lowest BCUT2D eigenvalue weighted by molar-refractivity contribution is -0.684. The van der Waals surface area contributed by atoms with Gasteiger partial charge in [0.2, 0.25) is 0 Å². The molecule has 0 unspecified atom stereocenters. The predicted octanol–water partition coefficient (Wildman–Crippen LogP) is 1.27. The van der Waals surface area contributed by atoms with Crippen LogP contribution in [-0.2, 0) is 26.9 Å². The number of aryl methyl sites for hydroxylation is 1. The van der Waals surface area contributed by atoms with Crippen LogP contribution >= 0.6 is 0 Å². The van der Waals surface area contributed by atoms with Gasteiger partial charge in [0.1, 0.15) is 11.9 Å². The molecule has 1 N–H and O–H groups in total. The lowest BCUT2D eigenvalue weighted by Gasteiger charge is -2.19. The fourth-order valence-electron chi connectivity index (χ4n) is 2.69. The summed E-state index contributed by atoms with van der Waals surface area (Å²) in [5.74, 6) is 0.0421. The van der Waals surface area contributed by atoms with Crippen LogP contribution in [0.2, 0.25) is 0 Å². The Bertz CT molecular complexity index is 830. The van der Waals surface area contributed by atoms with Gasteiger partial charge >= 0.3 is 5.82 Å². The number of carbonyl (C=O) groups excluding carboxylic acids is 1. The summed E-state index contributed by atoms with van der Waals surface area (Å²) in [6.45, 7) is 6.28. The number of hydroxylamine groups is 2. The zero-order valence-corrected chi connectivity index (χ0v) is 15.9. The predicted molar refractivity (Wildman–Crippen MR) is 92.6 cm³/mol. The minimum Gasteiger partial charge on any atom is -0.286 e. The van der Waals surface area contributed by atoms with E-state index in [1.165, 1.54) is 14.2 Å². The SMILES string of the molecule is CON(C)C(=O)c1cc2c([n+](CCCS(=O)(=O)O)c1)N=C(C)C2(C)C. The minimum atomic E-state index is -4.03. The van der Waals surface area contributed by atoms with Crippen LogP contribution in [0, 0.1) is 0 Å². The van der Waals surface area contributed by atoms with E-state index in [-0.39, 0.29) is 23.5 Å². The monoisotopic (exact) mass is 370 g/mol. The number of hydrogen-bond acceptors (Lipinski definition) is 5. The van der Waals surface area contributed by atoms with Crippen LogP contribution in [0.3, 0.4) is 0 Å². The normalized spacial score (nSPS) is 15.7. The van der Waals surface area contributed by atoms with Gasteiger partial charge in [0.25, 0.3) is 16.0 Å². The molecule has 2 rings (SSSR count). The molecular weight excluding hydrogens is 346 g/mol. The van der Waals surface area contributed by atoms with Crippen molar-refractivity contribution in [2.45, 2.75) is 39.2 Å². The van der Waals surface area contributed by atoms with Gasteiger partial charge in [-0.1, -0.05) is 0 Å². The number of aliphatic imine (C=N–C) groups is 1. The lowest BCUT2D eigenvalue weighted by atomic mass is 9.82. The van der Waals surface area contributed by atoms with Crippen molar-refractivity contribution in [3.63, 3.8) is 0 Å². The second-order valence-electron chi connectivity index (χ2n) is 6.61. The number of rotatable bonds is 6. The summed E-state index contributed by atoms with van der Waals surface area (Å²) in [7, 11) is -1.11. The van der Waals surface area contributed by atoms with Crippen LogP contribution in [-0.4, -0.2) is 49.6 Å². The molecule has 25 heavy (non-hydrogen) atoms. The van der Waals surface area contributed by atoms with Crippen LogP contribution in [0.15, 0.2) is 17.3 Å². The quantitative estimate of drug-likeness (QED) is 0.462. The van der Waals surface area contributed by atoms with Gasteiger partial charge in [-0.25, -0.2) is 9.63 Å². The third-order valence-electron chi connectivity index (χ3n) is 4.57. The second-order valence-corrected chi connectivity index (χ2v) is 8.18. The molecule has 2 heterocycles. The van der Waals surface area contributed by atoms with Crippen LogP contribution in [0.5, 0.6) is 0 Å². The van der Waals surface area contributed by atoms with Crippen molar-refractivity contribution in [1.82, 2.24) is 5.06 Å². The molecule has 0 fully saturated rings. The molecule has 0 aromatic carbocycles. The van der Waals surface area contributed by atoms with Crippen LogP contribution in [0.1, 0.15) is 43.1 Å². The van der Waals surface area contributed by atoms with E-state index in [9.17, 15) is 13.2 Å². The first-order valence-corrected chi connectivity index (χ1v) is 9.49. The molecular formula is C16H24N3O5S+. The number of aromatic nitrogens is 1. The van der Waals surface area contributed by atoms with E-state index in [4.69, 9.17) is 9.39 Å². The Balaban J connectivity index is 2.46. The lowest BCUT2D eigenvalue weighted by Crippen LogP contribution is -2.38. The molecule has 1 amide bonds. The second kappa shape index (κ2) is 6.81. The van der Waals surface area contributed by atoms with E-state index in [1.54, 1.807) is 16.8 Å². The van der Waals surface area contributed by atoms with Gasteiger partial charge in [-0.2, -0.15) is 8.42 Å². The third-order valence-corrected chi connectivity index (χ3v) is 5.37. The van der Waals surface area contributed by atoms with Gasteiger partial charge in [-0.05, 0) is 31.8 Å². The summed E-state index contributed by atoms with van der Waals surface area (Å²) in [4.78, 5) is 22.0. The van der Waals surface area contributed by atoms with Crippen LogP contribution < -0.4 is 4.57 Å². The first kappa shape index (κ1) is 19.5. The van der Waals surface area contributed by atoms with Crippen molar-refractivity contribution in [3.05, 3.63) is 23.4 Å². The highest BCUT2D eigenvalue weighted by Crippen LogP contribution is 2.38. The van der Waals surface area contributed by atoms with Crippen molar-refractivity contribution in [1.29, 1.82) is 0 Å². The van der Waals surface area contributed by atoms with E-state index in [0.29, 0.717) is 17.9 Å². The molecule has 1 aliphatic rings. The van der Waals surface area contributed by atoms with E-state index in [0.717, 1.165) is 16.3 Å². The fraction of sp³-hybridized carbons (Fsp3) is 0.562. The molecule has 9 heteroatoms. The van der Waals surface area contributed by atoms with Gasteiger partial charge in [-0.15, -0.1) is 0 Å². The summed E-state index contributed by atoms with van der Waals surface area (Å²) in [5.41, 5.74) is 1.90.